The first-order valence-electron chi connectivity index (χ1n) is 6.53. The fourth-order valence-corrected chi connectivity index (χ4v) is 2.33. The predicted molar refractivity (Wildman–Crippen MR) is 78.2 cm³/mol. The van der Waals surface area contributed by atoms with Crippen LogP contribution in [-0.4, -0.2) is 30.3 Å². The van der Waals surface area contributed by atoms with Crippen LogP contribution in [0.25, 0.3) is 11.4 Å². The van der Waals surface area contributed by atoms with Gasteiger partial charge in [0.2, 0.25) is 11.7 Å². The Bertz CT molecular complexity index is 536. The van der Waals surface area contributed by atoms with Crippen molar-refractivity contribution in [3.63, 3.8) is 0 Å². The molecule has 1 aliphatic heterocycles. The first-order valence-corrected chi connectivity index (χ1v) is 6.53. The lowest BCUT2D eigenvalue weighted by molar-refractivity contribution is 0.358. The lowest BCUT2D eigenvalue weighted by atomic mass is 10.1. The maximum absolute atomic E-state index is 5.32. The number of halogens is 1. The van der Waals surface area contributed by atoms with Crippen molar-refractivity contribution in [2.75, 3.05) is 20.2 Å². The number of hydrogen-bond donors (Lipinski definition) is 1. The van der Waals surface area contributed by atoms with E-state index >= 15 is 0 Å². The quantitative estimate of drug-likeness (QED) is 0.938. The Kier molecular flexibility index (Phi) is 4.98. The van der Waals surface area contributed by atoms with Gasteiger partial charge < -0.3 is 14.6 Å². The molecule has 6 heteroatoms. The first kappa shape index (κ1) is 14.8. The lowest BCUT2D eigenvalue weighted by Gasteiger charge is -2.02. The van der Waals surface area contributed by atoms with Gasteiger partial charge in [-0.15, -0.1) is 12.4 Å². The van der Waals surface area contributed by atoms with Crippen molar-refractivity contribution in [1.82, 2.24) is 15.5 Å². The van der Waals surface area contributed by atoms with Crippen LogP contribution in [0.2, 0.25) is 0 Å². The van der Waals surface area contributed by atoms with Crippen LogP contribution in [0.3, 0.4) is 0 Å². The molecule has 2 heterocycles. The summed E-state index contributed by atoms with van der Waals surface area (Å²) in [7, 11) is 1.65. The van der Waals surface area contributed by atoms with Crippen LogP contribution in [0, 0.1) is 5.92 Å². The summed E-state index contributed by atoms with van der Waals surface area (Å²) >= 11 is 0. The number of nitrogens with one attached hydrogen (secondary N) is 1. The van der Waals surface area contributed by atoms with Gasteiger partial charge in [0.15, 0.2) is 0 Å². The van der Waals surface area contributed by atoms with Crippen LogP contribution >= 0.6 is 12.4 Å². The van der Waals surface area contributed by atoms with Crippen LogP contribution in [0.4, 0.5) is 0 Å². The zero-order valence-corrected chi connectivity index (χ0v) is 12.2. The van der Waals surface area contributed by atoms with Gasteiger partial charge in [-0.2, -0.15) is 4.98 Å². The van der Waals surface area contributed by atoms with Gasteiger partial charge in [0.25, 0.3) is 0 Å². The van der Waals surface area contributed by atoms with Gasteiger partial charge in [0, 0.05) is 12.0 Å². The minimum atomic E-state index is 0. The van der Waals surface area contributed by atoms with E-state index in [1.807, 2.05) is 24.3 Å². The fourth-order valence-electron chi connectivity index (χ4n) is 2.33. The Hall–Kier alpha value is -1.59. The van der Waals surface area contributed by atoms with E-state index in [2.05, 4.69) is 15.5 Å². The minimum Gasteiger partial charge on any atom is -0.497 e. The number of nitrogens with zero attached hydrogens (tertiary/aromatic N) is 2. The van der Waals surface area contributed by atoms with Crippen molar-refractivity contribution in [2.45, 2.75) is 12.8 Å². The second-order valence-corrected chi connectivity index (χ2v) is 4.80. The average Bonchev–Trinajstić information content (AvgIpc) is 3.11. The van der Waals surface area contributed by atoms with Gasteiger partial charge in [-0.05, 0) is 49.7 Å². The normalized spacial score (nSPS) is 17.8. The number of ether oxygens (including phenoxy) is 1. The molecule has 108 valence electrons. The number of aromatic nitrogens is 2. The molecule has 1 fully saturated rings. The molecule has 20 heavy (non-hydrogen) atoms. The minimum absolute atomic E-state index is 0. The molecule has 0 amide bonds. The maximum Gasteiger partial charge on any atom is 0.227 e. The first-order chi connectivity index (χ1) is 9.35. The molecule has 1 unspecified atom stereocenters. The Balaban J connectivity index is 0.00000147. The van der Waals surface area contributed by atoms with E-state index in [-0.39, 0.29) is 12.4 Å². The summed E-state index contributed by atoms with van der Waals surface area (Å²) < 4.78 is 10.4. The molecule has 1 aromatic heterocycles. The zero-order chi connectivity index (χ0) is 13.1. The summed E-state index contributed by atoms with van der Waals surface area (Å²) in [6, 6.07) is 7.66. The molecule has 0 bridgehead atoms. The Morgan fingerprint density at radius 2 is 2.15 bits per heavy atom. The Labute approximate surface area is 124 Å². The van der Waals surface area contributed by atoms with Gasteiger partial charge in [0.05, 0.1) is 7.11 Å². The monoisotopic (exact) mass is 295 g/mol. The van der Waals surface area contributed by atoms with E-state index in [1.165, 1.54) is 6.42 Å². The standard InChI is InChI=1S/C14H17N3O2.ClH/c1-18-12-4-2-11(3-5-12)14-16-13(19-17-14)8-10-6-7-15-9-10;/h2-5,10,15H,6-9H2,1H3;1H. The zero-order valence-electron chi connectivity index (χ0n) is 11.3. The van der Waals surface area contributed by atoms with E-state index in [9.17, 15) is 0 Å². The molecule has 1 aromatic carbocycles. The highest BCUT2D eigenvalue weighted by molar-refractivity contribution is 5.85. The van der Waals surface area contributed by atoms with Crippen LogP contribution < -0.4 is 10.1 Å². The highest BCUT2D eigenvalue weighted by atomic mass is 35.5. The molecule has 0 aliphatic carbocycles. The molecular weight excluding hydrogens is 278 g/mol. The van der Waals surface area contributed by atoms with Crippen LogP contribution in [0.5, 0.6) is 5.75 Å². The number of benzene rings is 1. The van der Waals surface area contributed by atoms with Gasteiger partial charge in [0.1, 0.15) is 5.75 Å². The topological polar surface area (TPSA) is 60.2 Å². The second kappa shape index (κ2) is 6.72. The molecule has 5 nitrogen and oxygen atoms in total. The van der Waals surface area contributed by atoms with Crippen molar-refractivity contribution >= 4 is 12.4 Å². The summed E-state index contributed by atoms with van der Waals surface area (Å²) in [4.78, 5) is 4.45. The second-order valence-electron chi connectivity index (χ2n) is 4.80. The van der Waals surface area contributed by atoms with Crippen molar-refractivity contribution in [2.24, 2.45) is 5.92 Å². The number of rotatable bonds is 4. The summed E-state index contributed by atoms with van der Waals surface area (Å²) in [5.41, 5.74) is 0.945. The molecule has 0 saturated carbocycles. The van der Waals surface area contributed by atoms with Gasteiger partial charge in [-0.3, -0.25) is 0 Å². The molecule has 0 radical (unpaired) electrons. The summed E-state index contributed by atoms with van der Waals surface area (Å²) in [6.45, 7) is 2.13. The predicted octanol–water partition coefficient (Wildman–Crippen LogP) is 2.32. The van der Waals surface area contributed by atoms with Crippen molar-refractivity contribution in [3.05, 3.63) is 30.2 Å². The molecule has 1 N–H and O–H groups in total. The van der Waals surface area contributed by atoms with E-state index in [4.69, 9.17) is 9.26 Å². The fraction of sp³-hybridized carbons (Fsp3) is 0.429. The highest BCUT2D eigenvalue weighted by Gasteiger charge is 2.18. The molecule has 1 atom stereocenters. The molecule has 2 aromatic rings. The largest absolute Gasteiger partial charge is 0.497 e. The van der Waals surface area contributed by atoms with Crippen molar-refractivity contribution < 1.29 is 9.26 Å². The van der Waals surface area contributed by atoms with Crippen molar-refractivity contribution in [3.8, 4) is 17.1 Å². The molecular formula is C14H18ClN3O2. The maximum atomic E-state index is 5.32. The van der Waals surface area contributed by atoms with Gasteiger partial charge in [-0.25, -0.2) is 0 Å². The van der Waals surface area contributed by atoms with Gasteiger partial charge in [-0.1, -0.05) is 5.16 Å². The summed E-state index contributed by atoms with van der Waals surface area (Å²) in [6.07, 6.45) is 2.04. The number of hydrogen-bond acceptors (Lipinski definition) is 5. The van der Waals surface area contributed by atoms with E-state index in [0.29, 0.717) is 11.7 Å². The smallest absolute Gasteiger partial charge is 0.227 e. The highest BCUT2D eigenvalue weighted by Crippen LogP contribution is 2.21. The van der Waals surface area contributed by atoms with E-state index < -0.39 is 0 Å². The molecule has 0 spiro atoms. The third-order valence-corrected chi connectivity index (χ3v) is 3.44. The average molecular weight is 296 g/mol. The third kappa shape index (κ3) is 3.29. The Morgan fingerprint density at radius 3 is 2.80 bits per heavy atom. The lowest BCUT2D eigenvalue weighted by Crippen LogP contribution is -2.10. The van der Waals surface area contributed by atoms with E-state index in [1.54, 1.807) is 7.11 Å². The summed E-state index contributed by atoms with van der Waals surface area (Å²) in [5, 5.41) is 7.38. The van der Waals surface area contributed by atoms with Crippen LogP contribution in [-0.2, 0) is 6.42 Å². The SMILES string of the molecule is COc1ccc(-c2noc(CC3CCNC3)n2)cc1.Cl. The third-order valence-electron chi connectivity index (χ3n) is 3.44. The van der Waals surface area contributed by atoms with Crippen LogP contribution in [0.1, 0.15) is 12.3 Å². The molecule has 3 rings (SSSR count). The van der Waals surface area contributed by atoms with Crippen molar-refractivity contribution in [1.29, 1.82) is 0 Å². The Morgan fingerprint density at radius 1 is 1.35 bits per heavy atom. The van der Waals surface area contributed by atoms with Crippen LogP contribution in [0.15, 0.2) is 28.8 Å². The molecule has 1 saturated heterocycles. The number of methoxy groups -OCH3 is 1. The summed E-state index contributed by atoms with van der Waals surface area (Å²) in [5.74, 6) is 2.80. The van der Waals surface area contributed by atoms with E-state index in [0.717, 1.165) is 36.7 Å². The molecule has 1 aliphatic rings. The van der Waals surface area contributed by atoms with Gasteiger partial charge >= 0.3 is 0 Å².